The zero-order valence-corrected chi connectivity index (χ0v) is 17.9. The van der Waals surface area contributed by atoms with Crippen LogP contribution in [0.4, 0.5) is 5.69 Å². The highest BCUT2D eigenvalue weighted by Gasteiger charge is 2.18. The largest absolute Gasteiger partial charge is 0.346 e. The van der Waals surface area contributed by atoms with E-state index >= 15 is 0 Å². The topological polar surface area (TPSA) is 54.3 Å². The molecule has 0 unspecified atom stereocenters. The fourth-order valence-electron chi connectivity index (χ4n) is 3.91. The van der Waals surface area contributed by atoms with E-state index in [-0.39, 0.29) is 11.8 Å². The molecule has 31 heavy (non-hydrogen) atoms. The first-order valence-electron chi connectivity index (χ1n) is 10.2. The Labute approximate surface area is 181 Å². The number of fused-ring (bicyclic) bond motifs is 1. The molecule has 0 saturated heterocycles. The van der Waals surface area contributed by atoms with Crippen molar-refractivity contribution in [1.82, 2.24) is 9.47 Å². The van der Waals surface area contributed by atoms with Crippen molar-refractivity contribution >= 4 is 28.4 Å². The van der Waals surface area contributed by atoms with E-state index in [1.54, 1.807) is 4.90 Å². The molecule has 1 N–H and O–H groups in total. The van der Waals surface area contributed by atoms with Crippen LogP contribution in [-0.4, -0.2) is 28.3 Å². The smallest absolute Gasteiger partial charge is 0.254 e. The molecule has 0 bridgehead atoms. The van der Waals surface area contributed by atoms with Crippen molar-refractivity contribution in [3.8, 4) is 11.1 Å². The number of anilines is 1. The van der Waals surface area contributed by atoms with Gasteiger partial charge in [0.1, 0.15) is 0 Å². The van der Waals surface area contributed by atoms with Crippen LogP contribution in [0.15, 0.2) is 78.9 Å². The Kier molecular flexibility index (Phi) is 5.58. The molecule has 0 fully saturated rings. The fraction of sp³-hybridized carbons (Fsp3) is 0.154. The standard InChI is InChI=1S/C26H25N3O2/c1-18(30)27-21-11-8-10-19(15-21)23-12-5-6-13-24(23)26(31)28(2)17-22-16-20-9-4-7-14-25(20)29(22)3/h4-16H,17H2,1-3H3,(H,27,30). The summed E-state index contributed by atoms with van der Waals surface area (Å²) in [5, 5.41) is 3.96. The molecule has 4 rings (SSSR count). The van der Waals surface area contributed by atoms with Crippen molar-refractivity contribution in [2.75, 3.05) is 12.4 Å². The van der Waals surface area contributed by atoms with Crippen molar-refractivity contribution < 1.29 is 9.59 Å². The number of nitrogens with one attached hydrogen (secondary N) is 1. The molecule has 0 aliphatic rings. The maximum atomic E-state index is 13.4. The number of aromatic nitrogens is 1. The van der Waals surface area contributed by atoms with Crippen LogP contribution in [-0.2, 0) is 18.4 Å². The minimum atomic E-state index is -0.129. The maximum absolute atomic E-state index is 13.4. The average Bonchev–Trinajstić information content (AvgIpc) is 3.08. The summed E-state index contributed by atoms with van der Waals surface area (Å²) >= 11 is 0. The molecular weight excluding hydrogens is 386 g/mol. The van der Waals surface area contributed by atoms with E-state index in [2.05, 4.69) is 28.1 Å². The van der Waals surface area contributed by atoms with E-state index in [1.807, 2.05) is 74.8 Å². The Balaban J connectivity index is 1.63. The highest BCUT2D eigenvalue weighted by atomic mass is 16.2. The molecule has 0 radical (unpaired) electrons. The molecule has 0 saturated carbocycles. The molecule has 4 aromatic rings. The van der Waals surface area contributed by atoms with Crippen LogP contribution < -0.4 is 5.32 Å². The Hall–Kier alpha value is -3.86. The van der Waals surface area contributed by atoms with Gasteiger partial charge in [0, 0.05) is 43.5 Å². The van der Waals surface area contributed by atoms with Crippen LogP contribution in [0, 0.1) is 0 Å². The number of nitrogens with zero attached hydrogens (tertiary/aromatic N) is 2. The summed E-state index contributed by atoms with van der Waals surface area (Å²) in [6.07, 6.45) is 0. The lowest BCUT2D eigenvalue weighted by atomic mass is 9.98. The third kappa shape index (κ3) is 4.21. The molecule has 3 aromatic carbocycles. The lowest BCUT2D eigenvalue weighted by Gasteiger charge is -2.20. The maximum Gasteiger partial charge on any atom is 0.254 e. The third-order valence-corrected chi connectivity index (χ3v) is 5.45. The normalized spacial score (nSPS) is 10.8. The summed E-state index contributed by atoms with van der Waals surface area (Å²) in [4.78, 5) is 26.5. The minimum Gasteiger partial charge on any atom is -0.346 e. The molecule has 1 aromatic heterocycles. The number of amides is 2. The first kappa shape index (κ1) is 20.4. The van der Waals surface area contributed by atoms with Gasteiger partial charge in [0.05, 0.1) is 6.54 Å². The molecule has 1 heterocycles. The van der Waals surface area contributed by atoms with E-state index in [4.69, 9.17) is 0 Å². The molecule has 0 aliphatic heterocycles. The lowest BCUT2D eigenvalue weighted by molar-refractivity contribution is -0.114. The molecule has 0 atom stereocenters. The highest BCUT2D eigenvalue weighted by molar-refractivity contribution is 6.01. The lowest BCUT2D eigenvalue weighted by Crippen LogP contribution is -2.27. The SMILES string of the molecule is CC(=O)Nc1cccc(-c2ccccc2C(=O)N(C)Cc2cc3ccccc3n2C)c1. The monoisotopic (exact) mass is 411 g/mol. The van der Waals surface area contributed by atoms with Crippen LogP contribution in [0.3, 0.4) is 0 Å². The Morgan fingerprint density at radius 2 is 1.68 bits per heavy atom. The van der Waals surface area contributed by atoms with Gasteiger partial charge >= 0.3 is 0 Å². The number of aryl methyl sites for hydroxylation is 1. The second kappa shape index (κ2) is 8.48. The summed E-state index contributed by atoms with van der Waals surface area (Å²) in [7, 11) is 3.85. The summed E-state index contributed by atoms with van der Waals surface area (Å²) in [5.74, 6) is -0.179. The van der Waals surface area contributed by atoms with E-state index < -0.39 is 0 Å². The molecule has 5 heteroatoms. The van der Waals surface area contributed by atoms with Crippen molar-refractivity contribution in [1.29, 1.82) is 0 Å². The number of rotatable bonds is 5. The van der Waals surface area contributed by atoms with Gasteiger partial charge in [0.25, 0.3) is 5.91 Å². The minimum absolute atomic E-state index is 0.0502. The van der Waals surface area contributed by atoms with Gasteiger partial charge in [0.15, 0.2) is 0 Å². The van der Waals surface area contributed by atoms with Crippen LogP contribution in [0.5, 0.6) is 0 Å². The first-order valence-corrected chi connectivity index (χ1v) is 10.2. The number of benzene rings is 3. The number of hydrogen-bond donors (Lipinski definition) is 1. The predicted molar refractivity (Wildman–Crippen MR) is 125 cm³/mol. The molecule has 5 nitrogen and oxygen atoms in total. The molecule has 2 amide bonds. The van der Waals surface area contributed by atoms with Crippen molar-refractivity contribution in [2.45, 2.75) is 13.5 Å². The van der Waals surface area contributed by atoms with Gasteiger partial charge in [-0.3, -0.25) is 9.59 Å². The average molecular weight is 412 g/mol. The van der Waals surface area contributed by atoms with Crippen molar-refractivity contribution in [2.24, 2.45) is 7.05 Å². The Morgan fingerprint density at radius 1 is 0.935 bits per heavy atom. The van der Waals surface area contributed by atoms with Gasteiger partial charge in [-0.25, -0.2) is 0 Å². The predicted octanol–water partition coefficient (Wildman–Crippen LogP) is 5.08. The Morgan fingerprint density at radius 3 is 2.45 bits per heavy atom. The molecule has 0 spiro atoms. The van der Waals surface area contributed by atoms with Gasteiger partial charge in [-0.05, 0) is 46.8 Å². The third-order valence-electron chi connectivity index (χ3n) is 5.45. The fourth-order valence-corrected chi connectivity index (χ4v) is 3.91. The van der Waals surface area contributed by atoms with E-state index in [0.29, 0.717) is 17.8 Å². The zero-order valence-electron chi connectivity index (χ0n) is 17.9. The van der Waals surface area contributed by atoms with E-state index in [0.717, 1.165) is 27.7 Å². The van der Waals surface area contributed by atoms with E-state index in [9.17, 15) is 9.59 Å². The van der Waals surface area contributed by atoms with E-state index in [1.165, 1.54) is 6.92 Å². The van der Waals surface area contributed by atoms with Crippen molar-refractivity contribution in [3.63, 3.8) is 0 Å². The van der Waals surface area contributed by atoms with Crippen LogP contribution in [0.25, 0.3) is 22.0 Å². The molecular formula is C26H25N3O2. The van der Waals surface area contributed by atoms with Gasteiger partial charge < -0.3 is 14.8 Å². The summed E-state index contributed by atoms with van der Waals surface area (Å²) in [6.45, 7) is 1.98. The van der Waals surface area contributed by atoms with Crippen LogP contribution in [0.2, 0.25) is 0 Å². The first-order chi connectivity index (χ1) is 14.9. The van der Waals surface area contributed by atoms with Gasteiger partial charge in [0.2, 0.25) is 5.91 Å². The summed E-state index contributed by atoms with van der Waals surface area (Å²) in [5.41, 5.74) is 5.27. The summed E-state index contributed by atoms with van der Waals surface area (Å²) in [6, 6.07) is 25.4. The van der Waals surface area contributed by atoms with Gasteiger partial charge in [-0.2, -0.15) is 0 Å². The van der Waals surface area contributed by atoms with Gasteiger partial charge in [-0.1, -0.05) is 48.5 Å². The summed E-state index contributed by atoms with van der Waals surface area (Å²) < 4.78 is 2.13. The highest BCUT2D eigenvalue weighted by Crippen LogP contribution is 2.28. The zero-order chi connectivity index (χ0) is 22.0. The number of para-hydroxylation sites is 1. The number of hydrogen-bond acceptors (Lipinski definition) is 2. The molecule has 0 aliphatic carbocycles. The molecule has 156 valence electrons. The van der Waals surface area contributed by atoms with Crippen LogP contribution >= 0.6 is 0 Å². The number of carbonyl (C=O) groups is 2. The second-order valence-electron chi connectivity index (χ2n) is 7.72. The van der Waals surface area contributed by atoms with Crippen molar-refractivity contribution in [3.05, 3.63) is 90.1 Å². The Bertz CT molecular complexity index is 1270. The quantitative estimate of drug-likeness (QED) is 0.498. The second-order valence-corrected chi connectivity index (χ2v) is 7.72. The van der Waals surface area contributed by atoms with Crippen LogP contribution in [0.1, 0.15) is 23.0 Å². The van der Waals surface area contributed by atoms with Gasteiger partial charge in [-0.15, -0.1) is 0 Å². The number of carbonyl (C=O) groups excluding carboxylic acids is 2.